The zero-order valence-corrected chi connectivity index (χ0v) is 18.8. The Bertz CT molecular complexity index is 1180. The predicted octanol–water partition coefficient (Wildman–Crippen LogP) is 4.56. The predicted molar refractivity (Wildman–Crippen MR) is 125 cm³/mol. The fraction of sp³-hybridized carbons (Fsp3) is 0.174. The molecule has 0 radical (unpaired) electrons. The number of hydrogen-bond donors (Lipinski definition) is 2. The van der Waals surface area contributed by atoms with E-state index in [1.807, 2.05) is 6.07 Å². The standard InChI is InChI=1S/C23H25N3O5S/c1-4-26(17-10-6-5-7-11-17)32(28,29)18-14-15-22(31-3)20(16-18)25-23(27)24-19-12-8-9-13-21(19)30-2/h5-16H,4H2,1-3H3,(H2,24,25,27). The fourth-order valence-corrected chi connectivity index (χ4v) is 4.68. The normalized spacial score (nSPS) is 10.8. The molecular formula is C23H25N3O5S. The summed E-state index contributed by atoms with van der Waals surface area (Å²) in [7, 11) is -0.929. The van der Waals surface area contributed by atoms with Crippen molar-refractivity contribution in [2.45, 2.75) is 11.8 Å². The maximum Gasteiger partial charge on any atom is 0.323 e. The van der Waals surface area contributed by atoms with E-state index in [9.17, 15) is 13.2 Å². The quantitative estimate of drug-likeness (QED) is 0.519. The number of ether oxygens (including phenoxy) is 2. The zero-order valence-electron chi connectivity index (χ0n) is 18.0. The minimum atomic E-state index is -3.87. The monoisotopic (exact) mass is 455 g/mol. The summed E-state index contributed by atoms with van der Waals surface area (Å²) < 4.78 is 38.5. The molecule has 0 bridgehead atoms. The van der Waals surface area contributed by atoms with E-state index in [1.165, 1.54) is 36.7 Å². The molecule has 8 nitrogen and oxygen atoms in total. The lowest BCUT2D eigenvalue weighted by Crippen LogP contribution is -2.30. The molecule has 168 valence electrons. The topological polar surface area (TPSA) is 97.0 Å². The number of nitrogens with zero attached hydrogens (tertiary/aromatic N) is 1. The van der Waals surface area contributed by atoms with Crippen LogP contribution in [0.5, 0.6) is 11.5 Å². The number of para-hydroxylation sites is 3. The number of urea groups is 1. The molecule has 0 aliphatic rings. The summed E-state index contributed by atoms with van der Waals surface area (Å²) in [6.45, 7) is 2.00. The van der Waals surface area contributed by atoms with Crippen molar-refractivity contribution in [2.75, 3.05) is 35.7 Å². The molecule has 3 aromatic carbocycles. The molecule has 0 atom stereocenters. The third-order valence-electron chi connectivity index (χ3n) is 4.69. The summed E-state index contributed by atoms with van der Waals surface area (Å²) >= 11 is 0. The number of carbonyl (C=O) groups excluding carboxylic acids is 1. The summed E-state index contributed by atoms with van der Waals surface area (Å²) in [5.41, 5.74) is 1.23. The third-order valence-corrected chi connectivity index (χ3v) is 6.59. The molecule has 0 unspecified atom stereocenters. The second-order valence-corrected chi connectivity index (χ2v) is 8.51. The van der Waals surface area contributed by atoms with Crippen LogP contribution in [0.15, 0.2) is 77.7 Å². The number of nitrogens with one attached hydrogen (secondary N) is 2. The first-order valence-electron chi connectivity index (χ1n) is 9.87. The maximum absolute atomic E-state index is 13.3. The Morgan fingerprint density at radius 2 is 1.44 bits per heavy atom. The van der Waals surface area contributed by atoms with Gasteiger partial charge in [0.25, 0.3) is 10.0 Å². The fourth-order valence-electron chi connectivity index (χ4n) is 3.18. The Hall–Kier alpha value is -3.72. The number of hydrogen-bond acceptors (Lipinski definition) is 5. The molecule has 0 aliphatic heterocycles. The van der Waals surface area contributed by atoms with Gasteiger partial charge in [0.1, 0.15) is 11.5 Å². The van der Waals surface area contributed by atoms with Crippen LogP contribution in [0.2, 0.25) is 0 Å². The van der Waals surface area contributed by atoms with Crippen LogP contribution in [0, 0.1) is 0 Å². The van der Waals surface area contributed by atoms with Gasteiger partial charge < -0.3 is 20.1 Å². The number of sulfonamides is 1. The van der Waals surface area contributed by atoms with Crippen molar-refractivity contribution in [1.82, 2.24) is 0 Å². The number of methoxy groups -OCH3 is 2. The molecule has 32 heavy (non-hydrogen) atoms. The van der Waals surface area contributed by atoms with Gasteiger partial charge in [-0.25, -0.2) is 13.2 Å². The summed E-state index contributed by atoms with van der Waals surface area (Å²) in [5.74, 6) is 0.814. The van der Waals surface area contributed by atoms with E-state index in [0.717, 1.165) is 0 Å². The van der Waals surface area contributed by atoms with Crippen molar-refractivity contribution < 1.29 is 22.7 Å². The lowest BCUT2D eigenvalue weighted by Gasteiger charge is -2.23. The first-order valence-corrected chi connectivity index (χ1v) is 11.3. The molecule has 0 saturated carbocycles. The molecule has 0 heterocycles. The number of anilines is 3. The van der Waals surface area contributed by atoms with Gasteiger partial charge in [0, 0.05) is 6.54 Å². The molecule has 0 fully saturated rings. The lowest BCUT2D eigenvalue weighted by molar-refractivity contribution is 0.262. The Labute approximate surface area is 187 Å². The highest BCUT2D eigenvalue weighted by Crippen LogP contribution is 2.31. The average Bonchev–Trinajstić information content (AvgIpc) is 2.80. The molecule has 2 N–H and O–H groups in total. The van der Waals surface area contributed by atoms with E-state index in [0.29, 0.717) is 22.9 Å². The Kier molecular flexibility index (Phi) is 7.21. The van der Waals surface area contributed by atoms with Crippen LogP contribution < -0.4 is 24.4 Å². The van der Waals surface area contributed by atoms with Crippen molar-refractivity contribution in [2.24, 2.45) is 0 Å². The molecule has 0 aliphatic carbocycles. The number of carbonyl (C=O) groups is 1. The number of amides is 2. The van der Waals surface area contributed by atoms with Gasteiger partial charge in [-0.15, -0.1) is 0 Å². The van der Waals surface area contributed by atoms with E-state index >= 15 is 0 Å². The maximum atomic E-state index is 13.3. The van der Waals surface area contributed by atoms with Gasteiger partial charge in [0.2, 0.25) is 0 Å². The van der Waals surface area contributed by atoms with E-state index in [-0.39, 0.29) is 17.1 Å². The third kappa shape index (κ3) is 4.94. The highest BCUT2D eigenvalue weighted by molar-refractivity contribution is 7.92. The molecule has 0 aromatic heterocycles. The summed E-state index contributed by atoms with van der Waals surface area (Å²) in [6.07, 6.45) is 0. The van der Waals surface area contributed by atoms with Gasteiger partial charge in [-0.3, -0.25) is 4.31 Å². The highest BCUT2D eigenvalue weighted by atomic mass is 32.2. The molecular weight excluding hydrogens is 430 g/mol. The van der Waals surface area contributed by atoms with Crippen LogP contribution in [0.4, 0.5) is 21.9 Å². The van der Waals surface area contributed by atoms with Crippen molar-refractivity contribution in [3.05, 3.63) is 72.8 Å². The Morgan fingerprint density at radius 3 is 2.09 bits per heavy atom. The highest BCUT2D eigenvalue weighted by Gasteiger charge is 2.25. The van der Waals surface area contributed by atoms with Gasteiger partial charge >= 0.3 is 6.03 Å². The average molecular weight is 456 g/mol. The van der Waals surface area contributed by atoms with Crippen LogP contribution in [0.1, 0.15) is 6.92 Å². The lowest BCUT2D eigenvalue weighted by atomic mass is 10.3. The largest absolute Gasteiger partial charge is 0.495 e. The smallest absolute Gasteiger partial charge is 0.323 e. The van der Waals surface area contributed by atoms with E-state index in [1.54, 1.807) is 55.5 Å². The zero-order chi connectivity index (χ0) is 23.1. The Morgan fingerprint density at radius 1 is 0.844 bits per heavy atom. The summed E-state index contributed by atoms with van der Waals surface area (Å²) in [6, 6.07) is 19.5. The Balaban J connectivity index is 1.90. The minimum Gasteiger partial charge on any atom is -0.495 e. The van der Waals surface area contributed by atoms with Crippen LogP contribution in [0.25, 0.3) is 0 Å². The molecule has 9 heteroatoms. The number of benzene rings is 3. The van der Waals surface area contributed by atoms with Gasteiger partial charge in [-0.1, -0.05) is 30.3 Å². The van der Waals surface area contributed by atoms with Gasteiger partial charge in [-0.05, 0) is 49.4 Å². The number of rotatable bonds is 8. The second kappa shape index (κ2) is 10.1. The SMILES string of the molecule is CCN(c1ccccc1)S(=O)(=O)c1ccc(OC)c(NC(=O)Nc2ccccc2OC)c1. The second-order valence-electron chi connectivity index (χ2n) is 6.65. The van der Waals surface area contributed by atoms with E-state index in [2.05, 4.69) is 10.6 Å². The molecule has 0 spiro atoms. The van der Waals surface area contributed by atoms with Gasteiger partial charge in [0.05, 0.1) is 36.2 Å². The molecule has 3 rings (SSSR count). The minimum absolute atomic E-state index is 0.0246. The van der Waals surface area contributed by atoms with E-state index in [4.69, 9.17) is 9.47 Å². The molecule has 0 saturated heterocycles. The summed E-state index contributed by atoms with van der Waals surface area (Å²) in [4.78, 5) is 12.6. The van der Waals surface area contributed by atoms with Crippen molar-refractivity contribution in [3.63, 3.8) is 0 Å². The summed E-state index contributed by atoms with van der Waals surface area (Å²) in [5, 5.41) is 5.35. The van der Waals surface area contributed by atoms with Crippen LogP contribution in [-0.4, -0.2) is 35.2 Å². The van der Waals surface area contributed by atoms with E-state index < -0.39 is 16.1 Å². The van der Waals surface area contributed by atoms with Crippen molar-refractivity contribution in [3.8, 4) is 11.5 Å². The first kappa shape index (κ1) is 23.0. The van der Waals surface area contributed by atoms with Crippen molar-refractivity contribution >= 4 is 33.1 Å². The molecule has 2 amide bonds. The van der Waals surface area contributed by atoms with Gasteiger partial charge in [0.15, 0.2) is 0 Å². The van der Waals surface area contributed by atoms with Crippen LogP contribution >= 0.6 is 0 Å². The van der Waals surface area contributed by atoms with Crippen LogP contribution in [0.3, 0.4) is 0 Å². The van der Waals surface area contributed by atoms with Crippen molar-refractivity contribution in [1.29, 1.82) is 0 Å². The first-order chi connectivity index (χ1) is 15.4. The molecule has 3 aromatic rings. The van der Waals surface area contributed by atoms with Gasteiger partial charge in [-0.2, -0.15) is 0 Å². The van der Waals surface area contributed by atoms with Crippen LogP contribution in [-0.2, 0) is 10.0 Å².